The predicted octanol–water partition coefficient (Wildman–Crippen LogP) is 1.49. The van der Waals surface area contributed by atoms with Crippen LogP contribution in [0.25, 0.3) is 0 Å². The van der Waals surface area contributed by atoms with Crippen LogP contribution in [0.2, 0.25) is 0 Å². The molecule has 0 aromatic heterocycles. The molecule has 118 valence electrons. The number of hydrogen-bond acceptors (Lipinski definition) is 4. The van der Waals surface area contributed by atoms with Crippen molar-refractivity contribution in [3.05, 3.63) is 0 Å². The van der Waals surface area contributed by atoms with Crippen LogP contribution in [0.15, 0.2) is 0 Å². The minimum Gasteiger partial charge on any atom is -0.395 e. The second kappa shape index (κ2) is 7.74. The summed E-state index contributed by atoms with van der Waals surface area (Å²) in [6, 6.07) is 0.200. The van der Waals surface area contributed by atoms with Gasteiger partial charge in [0.05, 0.1) is 25.9 Å². The van der Waals surface area contributed by atoms with E-state index in [1.54, 1.807) is 0 Å². The molecule has 0 aromatic carbocycles. The van der Waals surface area contributed by atoms with E-state index >= 15 is 0 Å². The van der Waals surface area contributed by atoms with Crippen LogP contribution in [0.1, 0.15) is 39.5 Å². The standard InChI is InChI=1S/C16H32N2O2/c1-14(2)9-17-12-16(5-3-4-6-16)13-18-7-8-20-11-15(18)10-19/h14-15,17,19H,3-13H2,1-2H3. The van der Waals surface area contributed by atoms with E-state index < -0.39 is 0 Å². The van der Waals surface area contributed by atoms with Crippen LogP contribution in [0.3, 0.4) is 0 Å². The van der Waals surface area contributed by atoms with Gasteiger partial charge in [0, 0.05) is 19.6 Å². The van der Waals surface area contributed by atoms with Gasteiger partial charge in [0.15, 0.2) is 0 Å². The molecule has 0 spiro atoms. The molecule has 2 fully saturated rings. The summed E-state index contributed by atoms with van der Waals surface area (Å²) in [5, 5.41) is 13.2. The maximum absolute atomic E-state index is 9.53. The first kappa shape index (κ1) is 16.2. The quantitative estimate of drug-likeness (QED) is 0.743. The third-order valence-corrected chi connectivity index (χ3v) is 4.82. The first-order valence-electron chi connectivity index (χ1n) is 8.28. The molecule has 1 aliphatic carbocycles. The molecular weight excluding hydrogens is 252 g/mol. The molecule has 0 amide bonds. The molecule has 2 aliphatic rings. The Morgan fingerprint density at radius 1 is 1.35 bits per heavy atom. The smallest absolute Gasteiger partial charge is 0.0644 e. The minimum absolute atomic E-state index is 0.200. The molecule has 0 radical (unpaired) electrons. The third kappa shape index (κ3) is 4.42. The van der Waals surface area contributed by atoms with E-state index in [4.69, 9.17) is 4.74 Å². The Morgan fingerprint density at radius 2 is 2.10 bits per heavy atom. The molecule has 4 nitrogen and oxygen atoms in total. The molecule has 0 bridgehead atoms. The highest BCUT2D eigenvalue weighted by molar-refractivity contribution is 4.91. The van der Waals surface area contributed by atoms with Crippen LogP contribution < -0.4 is 5.32 Å². The lowest BCUT2D eigenvalue weighted by Crippen LogP contribution is -2.53. The number of rotatable bonds is 7. The summed E-state index contributed by atoms with van der Waals surface area (Å²) in [5.41, 5.74) is 0.416. The fraction of sp³-hybridized carbons (Fsp3) is 1.00. The Kier molecular flexibility index (Phi) is 6.27. The zero-order chi connectivity index (χ0) is 14.4. The zero-order valence-electron chi connectivity index (χ0n) is 13.2. The van der Waals surface area contributed by atoms with Crippen LogP contribution in [-0.4, -0.2) is 62.0 Å². The molecule has 2 rings (SSSR count). The van der Waals surface area contributed by atoms with E-state index in [9.17, 15) is 5.11 Å². The van der Waals surface area contributed by atoms with Gasteiger partial charge in [-0.05, 0) is 30.7 Å². The highest BCUT2D eigenvalue weighted by Gasteiger charge is 2.37. The minimum atomic E-state index is 0.200. The van der Waals surface area contributed by atoms with Gasteiger partial charge in [-0.25, -0.2) is 0 Å². The van der Waals surface area contributed by atoms with Gasteiger partial charge < -0.3 is 15.2 Å². The van der Waals surface area contributed by atoms with Crippen molar-refractivity contribution in [3.63, 3.8) is 0 Å². The number of aliphatic hydroxyl groups excluding tert-OH is 1. The Hall–Kier alpha value is -0.160. The SMILES string of the molecule is CC(C)CNCC1(CN2CCOCC2CO)CCCC1. The van der Waals surface area contributed by atoms with Crippen molar-refractivity contribution in [3.8, 4) is 0 Å². The summed E-state index contributed by atoms with van der Waals surface area (Å²) >= 11 is 0. The van der Waals surface area contributed by atoms with Crippen molar-refractivity contribution in [2.75, 3.05) is 46.0 Å². The Bertz CT molecular complexity index is 278. The average molecular weight is 284 g/mol. The summed E-state index contributed by atoms with van der Waals surface area (Å²) in [6.07, 6.45) is 5.37. The predicted molar refractivity (Wildman–Crippen MR) is 81.9 cm³/mol. The lowest BCUT2D eigenvalue weighted by atomic mass is 9.84. The second-order valence-corrected chi connectivity index (χ2v) is 7.11. The monoisotopic (exact) mass is 284 g/mol. The van der Waals surface area contributed by atoms with Gasteiger partial charge in [-0.15, -0.1) is 0 Å². The number of hydrogen-bond donors (Lipinski definition) is 2. The fourth-order valence-corrected chi connectivity index (χ4v) is 3.64. The van der Waals surface area contributed by atoms with Gasteiger partial charge in [0.2, 0.25) is 0 Å². The van der Waals surface area contributed by atoms with Gasteiger partial charge in [0.25, 0.3) is 0 Å². The third-order valence-electron chi connectivity index (χ3n) is 4.82. The normalized spacial score (nSPS) is 27.3. The van der Waals surface area contributed by atoms with E-state index in [0.717, 1.165) is 32.8 Å². The number of morpholine rings is 1. The van der Waals surface area contributed by atoms with Crippen molar-refractivity contribution in [1.82, 2.24) is 10.2 Å². The Labute approximate surface area is 123 Å². The van der Waals surface area contributed by atoms with Crippen LogP contribution in [0.5, 0.6) is 0 Å². The molecule has 1 atom stereocenters. The molecule has 1 aliphatic heterocycles. The van der Waals surface area contributed by atoms with E-state index in [-0.39, 0.29) is 12.6 Å². The molecule has 0 aromatic rings. The maximum atomic E-state index is 9.53. The van der Waals surface area contributed by atoms with Crippen LogP contribution >= 0.6 is 0 Å². The average Bonchev–Trinajstić information content (AvgIpc) is 2.87. The Morgan fingerprint density at radius 3 is 2.75 bits per heavy atom. The van der Waals surface area contributed by atoms with E-state index in [1.807, 2.05) is 0 Å². The van der Waals surface area contributed by atoms with Gasteiger partial charge in [-0.3, -0.25) is 4.90 Å². The van der Waals surface area contributed by atoms with Crippen molar-refractivity contribution in [1.29, 1.82) is 0 Å². The number of nitrogens with zero attached hydrogens (tertiary/aromatic N) is 1. The van der Waals surface area contributed by atoms with Crippen LogP contribution in [-0.2, 0) is 4.74 Å². The summed E-state index contributed by atoms with van der Waals surface area (Å²) in [5.74, 6) is 0.710. The molecule has 2 N–H and O–H groups in total. The molecular formula is C16H32N2O2. The number of aliphatic hydroxyl groups is 1. The van der Waals surface area contributed by atoms with Crippen LogP contribution in [0, 0.1) is 11.3 Å². The zero-order valence-corrected chi connectivity index (χ0v) is 13.2. The molecule has 1 heterocycles. The molecule has 1 unspecified atom stereocenters. The maximum Gasteiger partial charge on any atom is 0.0644 e. The van der Waals surface area contributed by atoms with Crippen molar-refractivity contribution in [2.45, 2.75) is 45.6 Å². The topological polar surface area (TPSA) is 44.7 Å². The van der Waals surface area contributed by atoms with Crippen LogP contribution in [0.4, 0.5) is 0 Å². The van der Waals surface area contributed by atoms with E-state index in [2.05, 4.69) is 24.1 Å². The molecule has 1 saturated heterocycles. The number of nitrogens with one attached hydrogen (secondary N) is 1. The summed E-state index contributed by atoms with van der Waals surface area (Å²) in [4.78, 5) is 2.46. The van der Waals surface area contributed by atoms with E-state index in [1.165, 1.54) is 25.7 Å². The van der Waals surface area contributed by atoms with E-state index in [0.29, 0.717) is 17.9 Å². The van der Waals surface area contributed by atoms with Gasteiger partial charge in [-0.2, -0.15) is 0 Å². The van der Waals surface area contributed by atoms with Crippen molar-refractivity contribution >= 4 is 0 Å². The second-order valence-electron chi connectivity index (χ2n) is 7.11. The molecule has 1 saturated carbocycles. The number of ether oxygens (including phenoxy) is 1. The lowest BCUT2D eigenvalue weighted by molar-refractivity contribution is -0.0440. The van der Waals surface area contributed by atoms with Gasteiger partial charge in [-0.1, -0.05) is 26.7 Å². The van der Waals surface area contributed by atoms with Crippen molar-refractivity contribution < 1.29 is 9.84 Å². The van der Waals surface area contributed by atoms with Gasteiger partial charge >= 0.3 is 0 Å². The summed E-state index contributed by atoms with van der Waals surface area (Å²) in [7, 11) is 0. The fourth-order valence-electron chi connectivity index (χ4n) is 3.64. The van der Waals surface area contributed by atoms with Gasteiger partial charge in [0.1, 0.15) is 0 Å². The summed E-state index contributed by atoms with van der Waals surface area (Å²) < 4.78 is 5.50. The molecule has 20 heavy (non-hydrogen) atoms. The first-order chi connectivity index (χ1) is 9.65. The first-order valence-corrected chi connectivity index (χ1v) is 8.28. The van der Waals surface area contributed by atoms with Crippen molar-refractivity contribution in [2.24, 2.45) is 11.3 Å². The highest BCUT2D eigenvalue weighted by Crippen LogP contribution is 2.39. The highest BCUT2D eigenvalue weighted by atomic mass is 16.5. The largest absolute Gasteiger partial charge is 0.395 e. The summed E-state index contributed by atoms with van der Waals surface area (Å²) in [6.45, 7) is 10.6. The Balaban J connectivity index is 1.90. The molecule has 4 heteroatoms. The lowest BCUT2D eigenvalue weighted by Gasteiger charge is -2.41.